The third kappa shape index (κ3) is 4.24. The van der Waals surface area contributed by atoms with Gasteiger partial charge in [-0.05, 0) is 11.6 Å². The number of carbonyl (C=O) groups is 1. The summed E-state index contributed by atoms with van der Waals surface area (Å²) in [5.41, 5.74) is 0.514. The first-order chi connectivity index (χ1) is 10.2. The van der Waals surface area contributed by atoms with Crippen molar-refractivity contribution in [3.8, 4) is 0 Å². The molecule has 1 unspecified atom stereocenters. The van der Waals surface area contributed by atoms with E-state index >= 15 is 0 Å². The third-order valence-electron chi connectivity index (χ3n) is 3.40. The summed E-state index contributed by atoms with van der Waals surface area (Å²) in [6.07, 6.45) is 1.40. The minimum atomic E-state index is -4.14. The van der Waals surface area contributed by atoms with Gasteiger partial charge in [-0.2, -0.15) is 17.4 Å². The van der Waals surface area contributed by atoms with Crippen LogP contribution < -0.4 is 4.72 Å². The zero-order valence-electron chi connectivity index (χ0n) is 11.5. The molecule has 1 fully saturated rings. The number of nitrogens with zero attached hydrogens (tertiary/aromatic N) is 1. The largest absolute Gasteiger partial charge is 0.480 e. The standard InChI is InChI=1S/C12H16F2N2O5S/c13-12(14)2-4-16(5-3-12)22(19,20)15-10(11(17)18)7-9-1-6-21-8-9/h1,6,8,10,15H,2-5,7H2,(H,17,18). The van der Waals surface area contributed by atoms with Gasteiger partial charge < -0.3 is 9.52 Å². The molecular weight excluding hydrogens is 322 g/mol. The van der Waals surface area contributed by atoms with Crippen LogP contribution in [-0.2, 0) is 21.4 Å². The highest BCUT2D eigenvalue weighted by molar-refractivity contribution is 7.87. The van der Waals surface area contributed by atoms with Gasteiger partial charge in [-0.3, -0.25) is 4.79 Å². The molecule has 1 aromatic rings. The first-order valence-corrected chi connectivity index (χ1v) is 8.03. The fourth-order valence-electron chi connectivity index (χ4n) is 2.13. The molecule has 1 aliphatic rings. The molecule has 2 rings (SSSR count). The van der Waals surface area contributed by atoms with Crippen molar-refractivity contribution in [2.45, 2.75) is 31.2 Å². The molecule has 1 atom stereocenters. The SMILES string of the molecule is O=C(O)C(Cc1ccoc1)NS(=O)(=O)N1CCC(F)(F)CC1. The number of rotatable bonds is 6. The van der Waals surface area contributed by atoms with Crippen molar-refractivity contribution in [1.29, 1.82) is 0 Å². The molecule has 0 amide bonds. The normalized spacial score (nSPS) is 20.6. The van der Waals surface area contributed by atoms with E-state index in [9.17, 15) is 22.0 Å². The topological polar surface area (TPSA) is 99.8 Å². The maximum absolute atomic E-state index is 13.1. The first-order valence-electron chi connectivity index (χ1n) is 6.59. The Bertz CT molecular complexity index is 607. The molecule has 0 spiro atoms. The van der Waals surface area contributed by atoms with Crippen LogP contribution >= 0.6 is 0 Å². The maximum Gasteiger partial charge on any atom is 0.322 e. The van der Waals surface area contributed by atoms with Gasteiger partial charge in [-0.25, -0.2) is 8.78 Å². The Balaban J connectivity index is 2.03. The van der Waals surface area contributed by atoms with Crippen LogP contribution in [0.1, 0.15) is 18.4 Å². The van der Waals surface area contributed by atoms with Gasteiger partial charge in [0.1, 0.15) is 6.04 Å². The molecule has 124 valence electrons. The number of alkyl halides is 2. The molecule has 0 bridgehead atoms. The lowest BCUT2D eigenvalue weighted by Crippen LogP contribution is -2.52. The maximum atomic E-state index is 13.1. The quantitative estimate of drug-likeness (QED) is 0.801. The van der Waals surface area contributed by atoms with Gasteiger partial charge in [0, 0.05) is 32.4 Å². The van der Waals surface area contributed by atoms with E-state index in [1.807, 2.05) is 4.72 Å². The van der Waals surface area contributed by atoms with Crippen molar-refractivity contribution in [1.82, 2.24) is 9.03 Å². The first kappa shape index (κ1) is 16.8. The molecule has 0 radical (unpaired) electrons. The van der Waals surface area contributed by atoms with Crippen LogP contribution in [0.5, 0.6) is 0 Å². The van der Waals surface area contributed by atoms with Gasteiger partial charge in [0.05, 0.1) is 12.5 Å². The molecule has 22 heavy (non-hydrogen) atoms. The Morgan fingerprint density at radius 3 is 2.59 bits per heavy atom. The zero-order valence-corrected chi connectivity index (χ0v) is 12.4. The van der Waals surface area contributed by atoms with Gasteiger partial charge in [-0.15, -0.1) is 0 Å². The minimum Gasteiger partial charge on any atom is -0.480 e. The van der Waals surface area contributed by atoms with Gasteiger partial charge >= 0.3 is 5.97 Å². The highest BCUT2D eigenvalue weighted by Gasteiger charge is 2.39. The molecule has 1 aliphatic heterocycles. The molecule has 2 N–H and O–H groups in total. The number of furan rings is 1. The van der Waals surface area contributed by atoms with Crippen LogP contribution in [0.4, 0.5) is 8.78 Å². The highest BCUT2D eigenvalue weighted by Crippen LogP contribution is 2.28. The van der Waals surface area contributed by atoms with E-state index in [1.54, 1.807) is 0 Å². The van der Waals surface area contributed by atoms with Crippen molar-refractivity contribution in [3.63, 3.8) is 0 Å². The molecular formula is C12H16F2N2O5S. The average Bonchev–Trinajstić information content (AvgIpc) is 2.90. The number of carboxylic acid groups (broad SMARTS) is 1. The Hall–Kier alpha value is -1.52. The summed E-state index contributed by atoms with van der Waals surface area (Å²) in [6, 6.07) is 0.121. The van der Waals surface area contributed by atoms with E-state index in [2.05, 4.69) is 0 Å². The number of piperidine rings is 1. The van der Waals surface area contributed by atoms with E-state index in [4.69, 9.17) is 9.52 Å². The van der Waals surface area contributed by atoms with Crippen molar-refractivity contribution >= 4 is 16.2 Å². The Kier molecular flexibility index (Phi) is 4.83. The van der Waals surface area contributed by atoms with Crippen LogP contribution in [0.25, 0.3) is 0 Å². The second-order valence-electron chi connectivity index (χ2n) is 5.10. The Labute approximate surface area is 126 Å². The van der Waals surface area contributed by atoms with Crippen LogP contribution in [0, 0.1) is 0 Å². The molecule has 10 heteroatoms. The molecule has 1 saturated heterocycles. The lowest BCUT2D eigenvalue weighted by molar-refractivity contribution is -0.139. The summed E-state index contributed by atoms with van der Waals surface area (Å²) in [7, 11) is -4.14. The molecule has 1 aromatic heterocycles. The summed E-state index contributed by atoms with van der Waals surface area (Å²) in [5, 5.41) is 9.12. The summed E-state index contributed by atoms with van der Waals surface area (Å²) >= 11 is 0. The zero-order chi connectivity index (χ0) is 16.4. The average molecular weight is 338 g/mol. The number of aliphatic carboxylic acids is 1. The third-order valence-corrected chi connectivity index (χ3v) is 5.03. The van der Waals surface area contributed by atoms with Crippen molar-refractivity contribution in [3.05, 3.63) is 24.2 Å². The number of hydrogen-bond acceptors (Lipinski definition) is 4. The number of carboxylic acids is 1. The van der Waals surface area contributed by atoms with Gasteiger partial charge in [0.15, 0.2) is 0 Å². The smallest absolute Gasteiger partial charge is 0.322 e. The monoisotopic (exact) mass is 338 g/mol. The summed E-state index contributed by atoms with van der Waals surface area (Å²) in [6.45, 7) is -0.694. The predicted molar refractivity (Wildman–Crippen MR) is 71.6 cm³/mol. The van der Waals surface area contributed by atoms with E-state index in [0.717, 1.165) is 4.31 Å². The van der Waals surface area contributed by atoms with Gasteiger partial charge in [0.25, 0.3) is 16.1 Å². The lowest BCUT2D eigenvalue weighted by Gasteiger charge is -2.31. The van der Waals surface area contributed by atoms with E-state index in [1.165, 1.54) is 18.6 Å². The summed E-state index contributed by atoms with van der Waals surface area (Å²) < 4.78 is 58.1. The Morgan fingerprint density at radius 1 is 1.45 bits per heavy atom. The second kappa shape index (κ2) is 6.31. The van der Waals surface area contributed by atoms with Crippen LogP contribution in [0.15, 0.2) is 23.0 Å². The summed E-state index contributed by atoms with van der Waals surface area (Å²) in [4.78, 5) is 11.2. The Morgan fingerprint density at radius 2 is 2.09 bits per heavy atom. The lowest BCUT2D eigenvalue weighted by atomic mass is 10.1. The van der Waals surface area contributed by atoms with Crippen molar-refractivity contribution < 1.29 is 31.5 Å². The van der Waals surface area contributed by atoms with Gasteiger partial charge in [0.2, 0.25) is 0 Å². The van der Waals surface area contributed by atoms with Crippen molar-refractivity contribution in [2.24, 2.45) is 0 Å². The van der Waals surface area contributed by atoms with Crippen molar-refractivity contribution in [2.75, 3.05) is 13.1 Å². The van der Waals surface area contributed by atoms with E-state index < -0.39 is 41.0 Å². The number of halogens is 2. The minimum absolute atomic E-state index is 0.102. The molecule has 7 nitrogen and oxygen atoms in total. The molecule has 0 aliphatic carbocycles. The molecule has 0 saturated carbocycles. The second-order valence-corrected chi connectivity index (χ2v) is 6.81. The van der Waals surface area contributed by atoms with Crippen LogP contribution in [0.2, 0.25) is 0 Å². The summed E-state index contributed by atoms with van der Waals surface area (Å²) in [5.74, 6) is -4.23. The van der Waals surface area contributed by atoms with E-state index in [0.29, 0.717) is 5.56 Å². The molecule has 2 heterocycles. The van der Waals surface area contributed by atoms with Gasteiger partial charge in [-0.1, -0.05) is 0 Å². The van der Waals surface area contributed by atoms with E-state index in [-0.39, 0.29) is 19.5 Å². The highest BCUT2D eigenvalue weighted by atomic mass is 32.2. The molecule has 0 aromatic carbocycles. The fraction of sp³-hybridized carbons (Fsp3) is 0.583. The fourth-order valence-corrected chi connectivity index (χ4v) is 3.49. The number of nitrogens with one attached hydrogen (secondary N) is 1. The predicted octanol–water partition coefficient (Wildman–Crippen LogP) is 0.841. The van der Waals surface area contributed by atoms with Crippen LogP contribution in [-0.4, -0.2) is 48.9 Å². The number of hydrogen-bond donors (Lipinski definition) is 2. The van der Waals surface area contributed by atoms with Crippen LogP contribution in [0.3, 0.4) is 0 Å².